The van der Waals surface area contributed by atoms with Gasteiger partial charge in [0.25, 0.3) is 0 Å². The zero-order valence-corrected chi connectivity index (χ0v) is 16.8. The molecule has 0 radical (unpaired) electrons. The Labute approximate surface area is 154 Å². The largest absolute Gasteiger partial charge is 0.462 e. The molecule has 1 rings (SSSR count). The van der Waals surface area contributed by atoms with Crippen LogP contribution in [0, 0.1) is 6.92 Å². The first-order chi connectivity index (χ1) is 11.9. The van der Waals surface area contributed by atoms with Gasteiger partial charge in [-0.2, -0.15) is 0 Å². The van der Waals surface area contributed by atoms with Crippen LogP contribution in [0.4, 0.5) is 0 Å². The minimum absolute atomic E-state index is 0.0648. The summed E-state index contributed by atoms with van der Waals surface area (Å²) in [5, 5.41) is 7.37. The number of hydrogen-bond acceptors (Lipinski definition) is 6. The molecule has 0 aliphatic heterocycles. The first-order valence-corrected chi connectivity index (χ1v) is 9.43. The van der Waals surface area contributed by atoms with Gasteiger partial charge in [0.2, 0.25) is 0 Å². The van der Waals surface area contributed by atoms with E-state index in [0.717, 1.165) is 18.0 Å². The number of carbonyl (C=O) groups is 1. The summed E-state index contributed by atoms with van der Waals surface area (Å²) in [5.74, 6) is 0.381. The lowest BCUT2D eigenvalue weighted by molar-refractivity contribution is 0.0531. The fraction of sp³-hybridized carbons (Fsp3) is 0.706. The summed E-state index contributed by atoms with van der Waals surface area (Å²) in [5.41, 5.74) is 0.695. The average Bonchev–Trinajstić information content (AvgIpc) is 2.95. The number of aromatic nitrogens is 1. The number of carbonyl (C=O) groups excluding carboxylic acids is 1. The number of hydrogen-bond donors (Lipinski definition) is 2. The van der Waals surface area contributed by atoms with Gasteiger partial charge in [0, 0.05) is 20.2 Å². The number of aliphatic imine (C=N–C) groups is 1. The lowest BCUT2D eigenvalue weighted by atomic mass is 10.3. The van der Waals surface area contributed by atoms with Gasteiger partial charge >= 0.3 is 5.97 Å². The molecule has 0 bridgehead atoms. The molecule has 0 amide bonds. The summed E-state index contributed by atoms with van der Waals surface area (Å²) < 4.78 is 10.6. The summed E-state index contributed by atoms with van der Waals surface area (Å²) in [4.78, 5) is 21.2. The number of esters is 1. The molecule has 1 unspecified atom stereocenters. The van der Waals surface area contributed by atoms with Crippen molar-refractivity contribution in [3.8, 4) is 0 Å². The number of thiazole rings is 1. The molecule has 0 fully saturated rings. The molecule has 1 aromatic heterocycles. The van der Waals surface area contributed by atoms with Gasteiger partial charge in [-0.1, -0.05) is 0 Å². The number of ether oxygens (including phenoxy) is 2. The van der Waals surface area contributed by atoms with Crippen molar-refractivity contribution < 1.29 is 14.3 Å². The van der Waals surface area contributed by atoms with E-state index < -0.39 is 0 Å². The van der Waals surface area contributed by atoms with Gasteiger partial charge in [-0.15, -0.1) is 11.3 Å². The van der Waals surface area contributed by atoms with Crippen LogP contribution >= 0.6 is 11.3 Å². The van der Waals surface area contributed by atoms with Gasteiger partial charge in [-0.25, -0.2) is 9.78 Å². The van der Waals surface area contributed by atoms with Crippen molar-refractivity contribution in [1.29, 1.82) is 0 Å². The van der Waals surface area contributed by atoms with Crippen LogP contribution in [-0.2, 0) is 9.47 Å². The van der Waals surface area contributed by atoms with Crippen LogP contribution < -0.4 is 10.6 Å². The molecule has 0 saturated carbocycles. The van der Waals surface area contributed by atoms with Gasteiger partial charge in [-0.3, -0.25) is 4.99 Å². The van der Waals surface area contributed by atoms with Gasteiger partial charge in [0.15, 0.2) is 5.96 Å². The first kappa shape index (κ1) is 21.4. The van der Waals surface area contributed by atoms with E-state index in [0.29, 0.717) is 29.7 Å². The van der Waals surface area contributed by atoms with Crippen LogP contribution in [0.1, 0.15) is 60.5 Å². The minimum Gasteiger partial charge on any atom is -0.462 e. The monoisotopic (exact) mass is 370 g/mol. The lowest BCUT2D eigenvalue weighted by Gasteiger charge is -2.16. The highest BCUT2D eigenvalue weighted by atomic mass is 32.1. The second kappa shape index (κ2) is 11.0. The van der Waals surface area contributed by atoms with E-state index >= 15 is 0 Å². The SMILES string of the molecule is CCOC(=O)c1sc(C(C)NC(=NC)NCCCOC(C)C)nc1C. The number of guanidine groups is 1. The molecule has 142 valence electrons. The Hall–Kier alpha value is -1.67. The van der Waals surface area contributed by atoms with Crippen molar-refractivity contribution >= 4 is 23.3 Å². The molecule has 8 heteroatoms. The Bertz CT molecular complexity index is 572. The summed E-state index contributed by atoms with van der Waals surface area (Å²) in [6.07, 6.45) is 1.15. The minimum atomic E-state index is -0.316. The highest BCUT2D eigenvalue weighted by Crippen LogP contribution is 2.24. The molecule has 25 heavy (non-hydrogen) atoms. The summed E-state index contributed by atoms with van der Waals surface area (Å²) in [6.45, 7) is 11.5. The number of nitrogens with zero attached hydrogens (tertiary/aromatic N) is 2. The van der Waals surface area contributed by atoms with Crippen molar-refractivity contribution in [3.63, 3.8) is 0 Å². The maximum atomic E-state index is 11.9. The number of aryl methyl sites for hydroxylation is 1. The lowest BCUT2D eigenvalue weighted by Crippen LogP contribution is -2.39. The van der Waals surface area contributed by atoms with E-state index in [4.69, 9.17) is 9.47 Å². The first-order valence-electron chi connectivity index (χ1n) is 8.62. The maximum absolute atomic E-state index is 11.9. The molecule has 0 spiro atoms. The predicted molar refractivity (Wildman–Crippen MR) is 101 cm³/mol. The van der Waals surface area contributed by atoms with Crippen LogP contribution in [0.15, 0.2) is 4.99 Å². The summed E-state index contributed by atoms with van der Waals surface area (Å²) in [7, 11) is 1.73. The fourth-order valence-corrected chi connectivity index (χ4v) is 3.01. The van der Waals surface area contributed by atoms with Crippen molar-refractivity contribution in [3.05, 3.63) is 15.6 Å². The molecule has 0 aliphatic rings. The molecule has 2 N–H and O–H groups in total. The van der Waals surface area contributed by atoms with Crippen molar-refractivity contribution in [2.24, 2.45) is 4.99 Å². The van der Waals surface area contributed by atoms with Crippen LogP contribution in [0.3, 0.4) is 0 Å². The Morgan fingerprint density at radius 3 is 2.68 bits per heavy atom. The topological polar surface area (TPSA) is 84.8 Å². The Morgan fingerprint density at radius 1 is 1.36 bits per heavy atom. The van der Waals surface area contributed by atoms with Crippen molar-refractivity contribution in [1.82, 2.24) is 15.6 Å². The smallest absolute Gasteiger partial charge is 0.350 e. The Kier molecular flexibility index (Phi) is 9.44. The zero-order chi connectivity index (χ0) is 18.8. The third kappa shape index (κ3) is 7.39. The molecular weight excluding hydrogens is 340 g/mol. The second-order valence-corrected chi connectivity index (χ2v) is 6.86. The van der Waals surface area contributed by atoms with Gasteiger partial charge < -0.3 is 20.1 Å². The van der Waals surface area contributed by atoms with E-state index in [1.54, 1.807) is 14.0 Å². The normalized spacial score (nSPS) is 13.0. The number of rotatable bonds is 9. The van der Waals surface area contributed by atoms with E-state index in [1.165, 1.54) is 11.3 Å². The van der Waals surface area contributed by atoms with Crippen LogP contribution in [0.2, 0.25) is 0 Å². The molecule has 1 heterocycles. The molecule has 1 atom stereocenters. The molecule has 0 aliphatic carbocycles. The second-order valence-electron chi connectivity index (χ2n) is 5.83. The molecular formula is C17H30N4O3S. The molecule has 7 nitrogen and oxygen atoms in total. The van der Waals surface area contributed by atoms with Crippen LogP contribution in [0.5, 0.6) is 0 Å². The van der Waals surface area contributed by atoms with Gasteiger partial charge in [0.05, 0.1) is 24.4 Å². The summed E-state index contributed by atoms with van der Waals surface area (Å²) >= 11 is 1.35. The van der Waals surface area contributed by atoms with E-state index in [-0.39, 0.29) is 18.1 Å². The van der Waals surface area contributed by atoms with Crippen LogP contribution in [0.25, 0.3) is 0 Å². The van der Waals surface area contributed by atoms with Crippen LogP contribution in [-0.4, -0.2) is 49.8 Å². The highest BCUT2D eigenvalue weighted by molar-refractivity contribution is 7.13. The van der Waals surface area contributed by atoms with Crippen molar-refractivity contribution in [2.45, 2.75) is 53.2 Å². The Morgan fingerprint density at radius 2 is 2.08 bits per heavy atom. The molecule has 0 saturated heterocycles. The van der Waals surface area contributed by atoms with Gasteiger partial charge in [0.1, 0.15) is 9.88 Å². The van der Waals surface area contributed by atoms with Crippen molar-refractivity contribution in [2.75, 3.05) is 26.8 Å². The maximum Gasteiger partial charge on any atom is 0.350 e. The van der Waals surface area contributed by atoms with E-state index in [2.05, 4.69) is 20.6 Å². The standard InChI is InChI=1S/C17H30N4O3S/c1-7-23-16(22)14-12(4)20-15(25-14)13(5)21-17(18-6)19-9-8-10-24-11(2)3/h11,13H,7-10H2,1-6H3,(H2,18,19,21). The van der Waals surface area contributed by atoms with E-state index in [9.17, 15) is 4.79 Å². The zero-order valence-electron chi connectivity index (χ0n) is 16.0. The number of nitrogens with one attached hydrogen (secondary N) is 2. The third-order valence-corrected chi connectivity index (χ3v) is 4.61. The van der Waals surface area contributed by atoms with E-state index in [1.807, 2.05) is 27.7 Å². The predicted octanol–water partition coefficient (Wildman–Crippen LogP) is 2.67. The van der Waals surface area contributed by atoms with Gasteiger partial charge in [-0.05, 0) is 41.0 Å². The summed E-state index contributed by atoms with van der Waals surface area (Å²) in [6, 6.07) is -0.0648. The highest BCUT2D eigenvalue weighted by Gasteiger charge is 2.20. The third-order valence-electron chi connectivity index (χ3n) is 3.29. The quantitative estimate of drug-likeness (QED) is 0.301. The average molecular weight is 371 g/mol. The molecule has 0 aromatic carbocycles. The fourth-order valence-electron chi connectivity index (χ4n) is 2.05. The molecule has 1 aromatic rings. The Balaban J connectivity index is 2.54.